The molecule has 1 aromatic heterocycles. The molecule has 6 heteroatoms. The van der Waals surface area contributed by atoms with Gasteiger partial charge in [0.1, 0.15) is 4.88 Å². The van der Waals surface area contributed by atoms with Gasteiger partial charge >= 0.3 is 5.97 Å². The lowest BCUT2D eigenvalue weighted by Gasteiger charge is -2.10. The Kier molecular flexibility index (Phi) is 5.37. The van der Waals surface area contributed by atoms with Crippen LogP contribution in [0.3, 0.4) is 0 Å². The van der Waals surface area contributed by atoms with Gasteiger partial charge in [-0.1, -0.05) is 11.3 Å². The molecule has 0 fully saturated rings. The van der Waals surface area contributed by atoms with Crippen LogP contribution in [0.4, 0.5) is 5.13 Å². The van der Waals surface area contributed by atoms with Crippen LogP contribution < -0.4 is 5.32 Å². The number of nitrogens with zero attached hydrogens (tertiary/aromatic N) is 1. The van der Waals surface area contributed by atoms with Crippen molar-refractivity contribution in [2.75, 3.05) is 25.6 Å². The first-order valence-corrected chi connectivity index (χ1v) is 6.30. The third kappa shape index (κ3) is 3.98. The minimum atomic E-state index is -0.310. The van der Waals surface area contributed by atoms with Gasteiger partial charge in [0.2, 0.25) is 0 Å². The van der Waals surface area contributed by atoms with Gasteiger partial charge in [0.15, 0.2) is 5.13 Å². The quantitative estimate of drug-likeness (QED) is 0.792. The number of rotatable bonds is 6. The van der Waals surface area contributed by atoms with Gasteiger partial charge in [0.25, 0.3) is 0 Å². The minimum Gasteiger partial charge on any atom is -0.462 e. The van der Waals surface area contributed by atoms with E-state index in [0.29, 0.717) is 23.8 Å². The van der Waals surface area contributed by atoms with Crippen LogP contribution in [0.15, 0.2) is 0 Å². The molecule has 0 aliphatic heterocycles. The highest BCUT2D eigenvalue weighted by atomic mass is 32.1. The molecule has 0 amide bonds. The van der Waals surface area contributed by atoms with Crippen LogP contribution in [-0.2, 0) is 9.47 Å². The zero-order chi connectivity index (χ0) is 12.8. The molecule has 1 rings (SSSR count). The van der Waals surface area contributed by atoms with Gasteiger partial charge in [0.05, 0.1) is 18.9 Å². The Morgan fingerprint density at radius 3 is 2.88 bits per heavy atom. The molecule has 0 spiro atoms. The van der Waals surface area contributed by atoms with Gasteiger partial charge in [-0.15, -0.1) is 0 Å². The van der Waals surface area contributed by atoms with Crippen LogP contribution in [0.2, 0.25) is 0 Å². The third-order valence-electron chi connectivity index (χ3n) is 2.04. The average Bonchev–Trinajstić information content (AvgIpc) is 2.60. The summed E-state index contributed by atoms with van der Waals surface area (Å²) < 4.78 is 9.98. The van der Waals surface area contributed by atoms with E-state index in [0.717, 1.165) is 5.13 Å². The van der Waals surface area contributed by atoms with Crippen molar-refractivity contribution in [1.82, 2.24) is 4.98 Å². The molecule has 0 aliphatic rings. The van der Waals surface area contributed by atoms with E-state index in [1.807, 2.05) is 6.92 Å². The van der Waals surface area contributed by atoms with Gasteiger partial charge in [-0.2, -0.15) is 0 Å². The van der Waals surface area contributed by atoms with Crippen LogP contribution >= 0.6 is 11.3 Å². The fourth-order valence-electron chi connectivity index (χ4n) is 1.35. The zero-order valence-electron chi connectivity index (χ0n) is 10.6. The largest absolute Gasteiger partial charge is 0.462 e. The molecule has 17 heavy (non-hydrogen) atoms. The van der Waals surface area contributed by atoms with E-state index in [1.165, 1.54) is 11.3 Å². The van der Waals surface area contributed by atoms with Gasteiger partial charge in [0, 0.05) is 13.2 Å². The fourth-order valence-corrected chi connectivity index (χ4v) is 2.32. The number of hydrogen-bond donors (Lipinski definition) is 1. The highest BCUT2D eigenvalue weighted by Gasteiger charge is 2.16. The maximum absolute atomic E-state index is 11.6. The number of aromatic nitrogens is 1. The monoisotopic (exact) mass is 258 g/mol. The highest BCUT2D eigenvalue weighted by molar-refractivity contribution is 7.17. The summed E-state index contributed by atoms with van der Waals surface area (Å²) in [6.07, 6.45) is 0. The lowest BCUT2D eigenvalue weighted by Crippen LogP contribution is -2.20. The first-order chi connectivity index (χ1) is 8.08. The van der Waals surface area contributed by atoms with Gasteiger partial charge in [-0.25, -0.2) is 9.78 Å². The predicted octanol–water partition coefficient (Wildman–Crippen LogP) is 2.08. The number of hydrogen-bond acceptors (Lipinski definition) is 6. The molecule has 1 aromatic rings. The summed E-state index contributed by atoms with van der Waals surface area (Å²) in [5.41, 5.74) is 0.695. The summed E-state index contributed by atoms with van der Waals surface area (Å²) in [7, 11) is 1.65. The third-order valence-corrected chi connectivity index (χ3v) is 3.11. The number of carbonyl (C=O) groups excluding carboxylic acids is 1. The molecular weight excluding hydrogens is 240 g/mol. The second-order valence-electron chi connectivity index (χ2n) is 3.65. The first-order valence-electron chi connectivity index (χ1n) is 5.48. The van der Waals surface area contributed by atoms with Gasteiger partial charge in [-0.3, -0.25) is 0 Å². The fraction of sp³-hybridized carbons (Fsp3) is 0.636. The second-order valence-corrected chi connectivity index (χ2v) is 4.65. The van der Waals surface area contributed by atoms with E-state index in [9.17, 15) is 4.79 Å². The first kappa shape index (κ1) is 13.9. The van der Waals surface area contributed by atoms with Crippen LogP contribution in [0.5, 0.6) is 0 Å². The van der Waals surface area contributed by atoms with Crippen molar-refractivity contribution in [3.63, 3.8) is 0 Å². The number of carbonyl (C=O) groups is 1. The minimum absolute atomic E-state index is 0.153. The Labute approximate surface area is 105 Å². The molecule has 0 saturated heterocycles. The molecule has 0 bridgehead atoms. The van der Waals surface area contributed by atoms with Crippen molar-refractivity contribution >= 4 is 22.4 Å². The van der Waals surface area contributed by atoms with E-state index in [4.69, 9.17) is 9.47 Å². The standard InChI is InChI=1S/C11H18N2O3S/c1-5-16-10(14)9-8(3)13-11(17-9)12-7(2)6-15-4/h7H,5-6H2,1-4H3,(H,12,13)/t7-/m1/s1. The number of methoxy groups -OCH3 is 1. The van der Waals surface area contributed by atoms with Crippen molar-refractivity contribution in [2.45, 2.75) is 26.8 Å². The van der Waals surface area contributed by atoms with E-state index in [1.54, 1.807) is 21.0 Å². The average molecular weight is 258 g/mol. The van der Waals surface area contributed by atoms with Gasteiger partial charge in [-0.05, 0) is 20.8 Å². The van der Waals surface area contributed by atoms with Crippen molar-refractivity contribution in [3.8, 4) is 0 Å². The molecular formula is C11H18N2O3S. The summed E-state index contributed by atoms with van der Waals surface area (Å²) in [5.74, 6) is -0.310. The highest BCUT2D eigenvalue weighted by Crippen LogP contribution is 2.23. The van der Waals surface area contributed by atoms with Crippen molar-refractivity contribution < 1.29 is 14.3 Å². The summed E-state index contributed by atoms with van der Waals surface area (Å²) >= 11 is 1.31. The molecule has 0 saturated carbocycles. The summed E-state index contributed by atoms with van der Waals surface area (Å²) in [6.45, 7) is 6.54. The van der Waals surface area contributed by atoms with Gasteiger partial charge < -0.3 is 14.8 Å². The lowest BCUT2D eigenvalue weighted by atomic mass is 10.4. The maximum atomic E-state index is 11.6. The normalized spacial score (nSPS) is 12.2. The Morgan fingerprint density at radius 1 is 1.59 bits per heavy atom. The molecule has 0 aliphatic carbocycles. The lowest BCUT2D eigenvalue weighted by molar-refractivity contribution is 0.0531. The smallest absolute Gasteiger partial charge is 0.350 e. The van der Waals surface area contributed by atoms with E-state index < -0.39 is 0 Å². The number of esters is 1. The summed E-state index contributed by atoms with van der Waals surface area (Å²) in [6, 6.07) is 0.153. The topological polar surface area (TPSA) is 60.5 Å². The van der Waals surface area contributed by atoms with E-state index >= 15 is 0 Å². The molecule has 0 radical (unpaired) electrons. The molecule has 1 heterocycles. The van der Waals surface area contributed by atoms with Crippen molar-refractivity contribution in [3.05, 3.63) is 10.6 Å². The van der Waals surface area contributed by atoms with Crippen molar-refractivity contribution in [2.24, 2.45) is 0 Å². The van der Waals surface area contributed by atoms with E-state index in [2.05, 4.69) is 10.3 Å². The predicted molar refractivity (Wildman–Crippen MR) is 67.8 cm³/mol. The molecule has 96 valence electrons. The molecule has 1 atom stereocenters. The number of anilines is 1. The Hall–Kier alpha value is -1.14. The Bertz CT molecular complexity index is 379. The molecule has 5 nitrogen and oxygen atoms in total. The Morgan fingerprint density at radius 2 is 2.29 bits per heavy atom. The number of thiazole rings is 1. The molecule has 0 aromatic carbocycles. The van der Waals surface area contributed by atoms with Crippen LogP contribution in [0.1, 0.15) is 29.2 Å². The number of aryl methyl sites for hydroxylation is 1. The maximum Gasteiger partial charge on any atom is 0.350 e. The number of nitrogens with one attached hydrogen (secondary N) is 1. The van der Waals surface area contributed by atoms with Crippen LogP contribution in [-0.4, -0.2) is 37.3 Å². The Balaban J connectivity index is 2.70. The molecule has 1 N–H and O–H groups in total. The van der Waals surface area contributed by atoms with Crippen LogP contribution in [0, 0.1) is 6.92 Å². The summed E-state index contributed by atoms with van der Waals surface area (Å²) in [5, 5.41) is 3.89. The van der Waals surface area contributed by atoms with Crippen molar-refractivity contribution in [1.29, 1.82) is 0 Å². The SMILES string of the molecule is CCOC(=O)c1sc(N[C@H](C)COC)nc1C. The second kappa shape index (κ2) is 6.56. The number of ether oxygens (including phenoxy) is 2. The zero-order valence-corrected chi connectivity index (χ0v) is 11.4. The van der Waals surface area contributed by atoms with E-state index in [-0.39, 0.29) is 12.0 Å². The van der Waals surface area contributed by atoms with Crippen LogP contribution in [0.25, 0.3) is 0 Å². The molecule has 0 unspecified atom stereocenters. The summed E-state index contributed by atoms with van der Waals surface area (Å²) in [4.78, 5) is 16.4.